The second-order valence-electron chi connectivity index (χ2n) is 8.00. The molecule has 0 fully saturated rings. The molecule has 11 heteroatoms. The summed E-state index contributed by atoms with van der Waals surface area (Å²) in [5, 5.41) is 9.32. The van der Waals surface area contributed by atoms with Gasteiger partial charge in [-0.25, -0.2) is 9.80 Å². The van der Waals surface area contributed by atoms with Crippen LogP contribution in [0.3, 0.4) is 0 Å². The maximum atomic E-state index is 13.0. The Morgan fingerprint density at radius 2 is 1.75 bits per heavy atom. The highest BCUT2D eigenvalue weighted by Gasteiger charge is 2.35. The van der Waals surface area contributed by atoms with E-state index < -0.39 is 36.6 Å². The number of rotatable bonds is 8. The van der Waals surface area contributed by atoms with Gasteiger partial charge in [-0.2, -0.15) is 5.10 Å². The van der Waals surface area contributed by atoms with Crippen molar-refractivity contribution < 1.29 is 23.5 Å². The molecular formula is C25H22Cl2N4O5. The zero-order valence-corrected chi connectivity index (χ0v) is 20.4. The summed E-state index contributed by atoms with van der Waals surface area (Å²) in [6, 6.07) is 15.1. The molecule has 0 radical (unpaired) electrons. The van der Waals surface area contributed by atoms with Crippen LogP contribution >= 0.6 is 23.2 Å². The number of nitrogens with two attached hydrogens (primary N) is 1. The lowest BCUT2D eigenvalue weighted by Gasteiger charge is -2.20. The van der Waals surface area contributed by atoms with Crippen LogP contribution in [0.5, 0.6) is 0 Å². The van der Waals surface area contributed by atoms with E-state index >= 15 is 0 Å². The quantitative estimate of drug-likeness (QED) is 0.412. The second-order valence-corrected chi connectivity index (χ2v) is 8.88. The van der Waals surface area contributed by atoms with Crippen LogP contribution in [-0.4, -0.2) is 35.2 Å². The molecule has 3 aromatic rings. The highest BCUT2D eigenvalue weighted by molar-refractivity contribution is 6.31. The Hall–Kier alpha value is -3.82. The van der Waals surface area contributed by atoms with Crippen molar-refractivity contribution in [2.45, 2.75) is 24.9 Å². The number of ether oxygens (including phenoxy) is 1. The lowest BCUT2D eigenvalue weighted by Crippen LogP contribution is -2.35. The summed E-state index contributed by atoms with van der Waals surface area (Å²) in [4.78, 5) is 37.0. The van der Waals surface area contributed by atoms with Gasteiger partial charge in [0.25, 0.3) is 5.91 Å². The fraction of sp³-hybridized carbons (Fsp3) is 0.200. The number of urea groups is 1. The minimum atomic E-state index is -0.804. The summed E-state index contributed by atoms with van der Waals surface area (Å²) in [5.74, 6) is -0.678. The molecule has 2 aromatic carbocycles. The van der Waals surface area contributed by atoms with Crippen LogP contribution in [0.4, 0.5) is 4.79 Å². The number of hydrogen-bond donors (Lipinski definition) is 2. The number of halogens is 2. The van der Waals surface area contributed by atoms with Gasteiger partial charge in [0.15, 0.2) is 6.61 Å². The predicted octanol–water partition coefficient (Wildman–Crippen LogP) is 4.61. The fourth-order valence-electron chi connectivity index (χ4n) is 3.81. The van der Waals surface area contributed by atoms with Gasteiger partial charge >= 0.3 is 12.0 Å². The van der Waals surface area contributed by atoms with Gasteiger partial charge in [-0.1, -0.05) is 47.5 Å². The van der Waals surface area contributed by atoms with Gasteiger partial charge in [-0.3, -0.25) is 9.59 Å². The molecule has 1 aliphatic rings. The molecule has 36 heavy (non-hydrogen) atoms. The normalized spacial score (nSPS) is 15.8. The zero-order chi connectivity index (χ0) is 25.7. The van der Waals surface area contributed by atoms with Crippen LogP contribution in [0.15, 0.2) is 76.4 Å². The van der Waals surface area contributed by atoms with E-state index in [0.717, 1.165) is 5.56 Å². The first-order valence-electron chi connectivity index (χ1n) is 11.0. The van der Waals surface area contributed by atoms with Crippen molar-refractivity contribution in [1.29, 1.82) is 0 Å². The van der Waals surface area contributed by atoms with E-state index in [2.05, 4.69) is 10.4 Å². The Kier molecular flexibility index (Phi) is 7.92. The van der Waals surface area contributed by atoms with Gasteiger partial charge in [0.1, 0.15) is 11.8 Å². The fourth-order valence-corrected chi connectivity index (χ4v) is 4.06. The van der Waals surface area contributed by atoms with Crippen LogP contribution in [0.2, 0.25) is 10.0 Å². The number of hydrazone groups is 1. The molecule has 1 aliphatic heterocycles. The summed E-state index contributed by atoms with van der Waals surface area (Å²) in [5.41, 5.74) is 7.34. The van der Waals surface area contributed by atoms with Gasteiger partial charge in [0.2, 0.25) is 0 Å². The Morgan fingerprint density at radius 3 is 2.36 bits per heavy atom. The van der Waals surface area contributed by atoms with E-state index in [-0.39, 0.29) is 6.42 Å². The molecule has 9 nitrogen and oxygen atoms in total. The number of carbonyl (C=O) groups excluding carboxylic acids is 3. The molecule has 0 saturated carbocycles. The Balaban J connectivity index is 1.44. The van der Waals surface area contributed by atoms with E-state index in [1.165, 1.54) is 11.3 Å². The van der Waals surface area contributed by atoms with Crippen molar-refractivity contribution in [3.63, 3.8) is 0 Å². The van der Waals surface area contributed by atoms with Crippen LogP contribution in [-0.2, 0) is 14.3 Å². The number of furan rings is 1. The first-order chi connectivity index (χ1) is 17.3. The van der Waals surface area contributed by atoms with E-state index in [1.54, 1.807) is 48.5 Å². The largest absolute Gasteiger partial charge is 0.467 e. The first kappa shape index (κ1) is 25.3. The number of nitrogens with one attached hydrogen (secondary N) is 1. The third-order valence-electron chi connectivity index (χ3n) is 5.53. The van der Waals surface area contributed by atoms with E-state index in [9.17, 15) is 14.4 Å². The minimum Gasteiger partial charge on any atom is -0.467 e. The molecule has 0 saturated heterocycles. The molecule has 2 heterocycles. The molecule has 2 atom stereocenters. The molecule has 1 aromatic heterocycles. The van der Waals surface area contributed by atoms with Crippen LogP contribution in [0.1, 0.15) is 41.8 Å². The molecule has 2 unspecified atom stereocenters. The maximum Gasteiger partial charge on any atom is 0.312 e. The van der Waals surface area contributed by atoms with Gasteiger partial charge < -0.3 is 20.2 Å². The van der Waals surface area contributed by atoms with E-state index in [4.69, 9.17) is 38.1 Å². The third kappa shape index (κ3) is 6.24. The van der Waals surface area contributed by atoms with Gasteiger partial charge in [-0.15, -0.1) is 0 Å². The van der Waals surface area contributed by atoms with Gasteiger partial charge in [0.05, 0.1) is 24.4 Å². The number of benzene rings is 2. The minimum absolute atomic E-state index is 0.237. The number of esters is 1. The molecule has 186 valence electrons. The third-order valence-corrected chi connectivity index (χ3v) is 6.04. The van der Waals surface area contributed by atoms with Crippen molar-refractivity contribution in [2.75, 3.05) is 6.61 Å². The molecule has 3 N–H and O–H groups in total. The SMILES string of the molecule is NC(=O)NC(CC(=O)OCC(=O)N1N=C(c2ccc(Cl)cc2)CC1c1ccco1)c1ccc(Cl)cc1. The summed E-state index contributed by atoms with van der Waals surface area (Å²) in [6.07, 6.45) is 1.69. The number of primary amides is 1. The standard InChI is InChI=1S/C25H22Cl2N4O5/c26-17-7-3-15(4-8-17)19(29-25(28)34)13-24(33)36-14-23(32)31-21(22-2-1-11-35-22)12-20(30-31)16-5-9-18(27)10-6-16/h1-11,19,21H,12-14H2,(H3,28,29,34). The Bertz CT molecular complexity index is 1260. The smallest absolute Gasteiger partial charge is 0.312 e. The average molecular weight is 529 g/mol. The van der Waals surface area contributed by atoms with E-state index in [0.29, 0.717) is 33.5 Å². The predicted molar refractivity (Wildman–Crippen MR) is 133 cm³/mol. The average Bonchev–Trinajstić information content (AvgIpc) is 3.53. The lowest BCUT2D eigenvalue weighted by atomic mass is 10.0. The summed E-state index contributed by atoms with van der Waals surface area (Å²) >= 11 is 11.9. The Morgan fingerprint density at radius 1 is 1.08 bits per heavy atom. The summed E-state index contributed by atoms with van der Waals surface area (Å²) in [7, 11) is 0. The second kappa shape index (κ2) is 11.3. The van der Waals surface area contributed by atoms with Gasteiger partial charge in [-0.05, 0) is 47.5 Å². The van der Waals surface area contributed by atoms with Crippen molar-refractivity contribution in [3.8, 4) is 0 Å². The summed E-state index contributed by atoms with van der Waals surface area (Å²) in [6.45, 7) is -0.544. The highest BCUT2D eigenvalue weighted by atomic mass is 35.5. The molecule has 0 bridgehead atoms. The monoisotopic (exact) mass is 528 g/mol. The molecule has 3 amide bonds. The molecule has 0 spiro atoms. The number of carbonyl (C=O) groups is 3. The Labute approximate surface area is 216 Å². The molecular weight excluding hydrogens is 507 g/mol. The number of nitrogens with zero attached hydrogens (tertiary/aromatic N) is 2. The van der Waals surface area contributed by atoms with Crippen molar-refractivity contribution in [1.82, 2.24) is 10.3 Å². The zero-order valence-electron chi connectivity index (χ0n) is 18.9. The van der Waals surface area contributed by atoms with Crippen LogP contribution in [0, 0.1) is 0 Å². The van der Waals surface area contributed by atoms with Crippen molar-refractivity contribution >= 4 is 46.8 Å². The maximum absolute atomic E-state index is 13.0. The van der Waals surface area contributed by atoms with Gasteiger partial charge in [0, 0.05) is 16.5 Å². The number of hydrogen-bond acceptors (Lipinski definition) is 6. The summed E-state index contributed by atoms with van der Waals surface area (Å²) < 4.78 is 10.7. The van der Waals surface area contributed by atoms with Crippen molar-refractivity contribution in [3.05, 3.63) is 93.9 Å². The number of amides is 3. The van der Waals surface area contributed by atoms with Crippen LogP contribution in [0.25, 0.3) is 0 Å². The van der Waals surface area contributed by atoms with Crippen LogP contribution < -0.4 is 11.1 Å². The van der Waals surface area contributed by atoms with Crippen molar-refractivity contribution in [2.24, 2.45) is 10.8 Å². The van der Waals surface area contributed by atoms with E-state index in [1.807, 2.05) is 12.1 Å². The lowest BCUT2D eigenvalue weighted by molar-refractivity contribution is -0.153. The highest BCUT2D eigenvalue weighted by Crippen LogP contribution is 2.33. The first-order valence-corrected chi connectivity index (χ1v) is 11.7. The molecule has 0 aliphatic carbocycles. The molecule has 4 rings (SSSR count). The topological polar surface area (TPSA) is 127 Å².